The molecule has 0 radical (unpaired) electrons. The Bertz CT molecular complexity index is 764. The zero-order valence-electron chi connectivity index (χ0n) is 13.2. The number of nitrogens with zero attached hydrogens (tertiary/aromatic N) is 1. The fraction of sp³-hybridized carbons (Fsp3) is 0.278. The Kier molecular flexibility index (Phi) is 5.17. The van der Waals surface area contributed by atoms with Crippen molar-refractivity contribution in [3.63, 3.8) is 0 Å². The van der Waals surface area contributed by atoms with Gasteiger partial charge in [-0.1, -0.05) is 23.2 Å². The molecule has 1 aliphatic heterocycles. The second kappa shape index (κ2) is 7.32. The van der Waals surface area contributed by atoms with Gasteiger partial charge < -0.3 is 14.4 Å². The van der Waals surface area contributed by atoms with Crippen LogP contribution in [0.5, 0.6) is 11.5 Å². The lowest BCUT2D eigenvalue weighted by atomic mass is 10.0. The number of aryl methyl sites for hydroxylation is 1. The zero-order chi connectivity index (χ0) is 17.1. The Hall–Kier alpha value is -1.91. The highest BCUT2D eigenvalue weighted by atomic mass is 35.5. The normalized spacial score (nSPS) is 13.4. The average Bonchev–Trinajstić information content (AvgIpc) is 2.59. The van der Waals surface area contributed by atoms with Gasteiger partial charge >= 0.3 is 0 Å². The zero-order valence-corrected chi connectivity index (χ0v) is 14.7. The molecule has 0 N–H and O–H groups in total. The van der Waals surface area contributed by atoms with Crippen molar-refractivity contribution in [2.75, 3.05) is 25.2 Å². The van der Waals surface area contributed by atoms with E-state index in [4.69, 9.17) is 32.7 Å². The monoisotopic (exact) mass is 365 g/mol. The molecule has 0 aromatic heterocycles. The van der Waals surface area contributed by atoms with Crippen molar-refractivity contribution in [1.29, 1.82) is 0 Å². The fourth-order valence-corrected chi connectivity index (χ4v) is 3.23. The van der Waals surface area contributed by atoms with Crippen molar-refractivity contribution in [1.82, 2.24) is 0 Å². The molecule has 0 fully saturated rings. The molecule has 24 heavy (non-hydrogen) atoms. The Morgan fingerprint density at radius 1 is 1.21 bits per heavy atom. The molecule has 4 nitrogen and oxygen atoms in total. The largest absolute Gasteiger partial charge is 0.497 e. The maximum atomic E-state index is 12.6. The summed E-state index contributed by atoms with van der Waals surface area (Å²) in [5.74, 6) is 1.14. The third-order valence-corrected chi connectivity index (χ3v) is 4.48. The summed E-state index contributed by atoms with van der Waals surface area (Å²) >= 11 is 11.9. The Balaban J connectivity index is 1.72. The number of halogens is 2. The second-order valence-electron chi connectivity index (χ2n) is 5.51. The number of ether oxygens (including phenoxy) is 2. The maximum absolute atomic E-state index is 12.6. The molecule has 0 saturated carbocycles. The number of rotatable bonds is 4. The molecule has 1 amide bonds. The lowest BCUT2D eigenvalue weighted by Crippen LogP contribution is -2.38. The molecule has 2 aromatic rings. The van der Waals surface area contributed by atoms with E-state index in [1.807, 2.05) is 18.2 Å². The number of methoxy groups -OCH3 is 1. The SMILES string of the molecule is COc1ccc2c(c1)CCCN2C(=O)COc1ccc(Cl)cc1Cl. The molecule has 6 heteroatoms. The van der Waals surface area contributed by atoms with Gasteiger partial charge in [0.15, 0.2) is 6.61 Å². The van der Waals surface area contributed by atoms with Crippen LogP contribution in [0.4, 0.5) is 5.69 Å². The summed E-state index contributed by atoms with van der Waals surface area (Å²) < 4.78 is 10.8. The van der Waals surface area contributed by atoms with Gasteiger partial charge in [-0.05, 0) is 54.8 Å². The van der Waals surface area contributed by atoms with Gasteiger partial charge in [0.05, 0.1) is 12.1 Å². The van der Waals surface area contributed by atoms with E-state index in [2.05, 4.69) is 0 Å². The van der Waals surface area contributed by atoms with Crippen molar-refractivity contribution < 1.29 is 14.3 Å². The van der Waals surface area contributed by atoms with Gasteiger partial charge in [-0.15, -0.1) is 0 Å². The van der Waals surface area contributed by atoms with E-state index in [0.717, 1.165) is 29.8 Å². The van der Waals surface area contributed by atoms with Gasteiger partial charge in [-0.3, -0.25) is 4.79 Å². The minimum Gasteiger partial charge on any atom is -0.497 e. The number of hydrogen-bond donors (Lipinski definition) is 0. The van der Waals surface area contributed by atoms with E-state index in [0.29, 0.717) is 22.3 Å². The minimum absolute atomic E-state index is 0.0766. The third-order valence-electron chi connectivity index (χ3n) is 3.95. The van der Waals surface area contributed by atoms with Gasteiger partial charge in [0.1, 0.15) is 11.5 Å². The number of carbonyl (C=O) groups is 1. The van der Waals surface area contributed by atoms with Crippen molar-refractivity contribution >= 4 is 34.8 Å². The number of benzene rings is 2. The highest BCUT2D eigenvalue weighted by molar-refractivity contribution is 6.35. The summed E-state index contributed by atoms with van der Waals surface area (Å²) in [6.07, 6.45) is 1.84. The first kappa shape index (κ1) is 16.9. The second-order valence-corrected chi connectivity index (χ2v) is 6.35. The molecule has 0 unspecified atom stereocenters. The van der Waals surface area contributed by atoms with E-state index in [-0.39, 0.29) is 12.5 Å². The molecule has 0 spiro atoms. The summed E-state index contributed by atoms with van der Waals surface area (Å²) in [4.78, 5) is 14.3. The Morgan fingerprint density at radius 2 is 2.04 bits per heavy atom. The molecular weight excluding hydrogens is 349 g/mol. The van der Waals surface area contributed by atoms with Gasteiger partial charge in [0, 0.05) is 17.3 Å². The van der Waals surface area contributed by atoms with Crippen molar-refractivity contribution in [3.8, 4) is 11.5 Å². The highest BCUT2D eigenvalue weighted by Crippen LogP contribution is 2.31. The van der Waals surface area contributed by atoms with Crippen LogP contribution in [0.1, 0.15) is 12.0 Å². The Morgan fingerprint density at radius 3 is 2.79 bits per heavy atom. The number of fused-ring (bicyclic) bond motifs is 1. The summed E-state index contributed by atoms with van der Waals surface area (Å²) in [6, 6.07) is 10.7. The van der Waals surface area contributed by atoms with E-state index in [1.165, 1.54) is 0 Å². The van der Waals surface area contributed by atoms with Gasteiger partial charge in [0.2, 0.25) is 0 Å². The third kappa shape index (κ3) is 3.60. The molecule has 3 rings (SSSR count). The molecule has 126 valence electrons. The van der Waals surface area contributed by atoms with Crippen LogP contribution >= 0.6 is 23.2 Å². The fourth-order valence-electron chi connectivity index (χ4n) is 2.77. The standard InChI is InChI=1S/C18H17Cl2NO3/c1-23-14-5-6-16-12(9-14)3-2-8-21(16)18(22)11-24-17-7-4-13(19)10-15(17)20/h4-7,9-10H,2-3,8,11H2,1H3. The lowest BCUT2D eigenvalue weighted by Gasteiger charge is -2.29. The van der Waals surface area contributed by atoms with Crippen LogP contribution < -0.4 is 14.4 Å². The molecule has 0 atom stereocenters. The van der Waals surface area contributed by atoms with Crippen LogP contribution in [-0.4, -0.2) is 26.2 Å². The van der Waals surface area contributed by atoms with Crippen LogP contribution in [0.2, 0.25) is 10.0 Å². The molecule has 1 heterocycles. The van der Waals surface area contributed by atoms with Crippen molar-refractivity contribution in [2.45, 2.75) is 12.8 Å². The van der Waals surface area contributed by atoms with E-state index >= 15 is 0 Å². The van der Waals surface area contributed by atoms with Crippen LogP contribution in [0.3, 0.4) is 0 Å². The average molecular weight is 366 g/mol. The van der Waals surface area contributed by atoms with Crippen LogP contribution in [-0.2, 0) is 11.2 Å². The van der Waals surface area contributed by atoms with Crippen molar-refractivity contribution in [2.24, 2.45) is 0 Å². The quantitative estimate of drug-likeness (QED) is 0.807. The predicted octanol–water partition coefficient (Wildman–Crippen LogP) is 4.36. The highest BCUT2D eigenvalue weighted by Gasteiger charge is 2.23. The molecule has 2 aromatic carbocycles. The smallest absolute Gasteiger partial charge is 0.264 e. The minimum atomic E-state index is -0.105. The molecular formula is C18H17Cl2NO3. The number of anilines is 1. The van der Waals surface area contributed by atoms with Crippen molar-refractivity contribution in [3.05, 3.63) is 52.0 Å². The molecule has 0 aliphatic carbocycles. The lowest BCUT2D eigenvalue weighted by molar-refractivity contribution is -0.120. The molecule has 0 saturated heterocycles. The summed E-state index contributed by atoms with van der Waals surface area (Å²) in [6.45, 7) is 0.600. The van der Waals surface area contributed by atoms with Crippen LogP contribution in [0.25, 0.3) is 0 Å². The van der Waals surface area contributed by atoms with Crippen LogP contribution in [0, 0.1) is 0 Å². The molecule has 1 aliphatic rings. The van der Waals surface area contributed by atoms with E-state index < -0.39 is 0 Å². The maximum Gasteiger partial charge on any atom is 0.264 e. The van der Waals surface area contributed by atoms with Gasteiger partial charge in [-0.2, -0.15) is 0 Å². The predicted molar refractivity (Wildman–Crippen MR) is 95.6 cm³/mol. The number of hydrogen-bond acceptors (Lipinski definition) is 3. The Labute approximate surface area is 150 Å². The first-order chi connectivity index (χ1) is 11.6. The van der Waals surface area contributed by atoms with Gasteiger partial charge in [-0.25, -0.2) is 0 Å². The summed E-state index contributed by atoms with van der Waals surface area (Å²) in [5.41, 5.74) is 2.02. The summed E-state index contributed by atoms with van der Waals surface area (Å²) in [7, 11) is 1.64. The first-order valence-corrected chi connectivity index (χ1v) is 8.39. The van der Waals surface area contributed by atoms with E-state index in [1.54, 1.807) is 30.2 Å². The number of amides is 1. The summed E-state index contributed by atoms with van der Waals surface area (Å²) in [5, 5.41) is 0.914. The van der Waals surface area contributed by atoms with E-state index in [9.17, 15) is 4.79 Å². The van der Waals surface area contributed by atoms with Crippen LogP contribution in [0.15, 0.2) is 36.4 Å². The molecule has 0 bridgehead atoms. The van der Waals surface area contributed by atoms with Gasteiger partial charge in [0.25, 0.3) is 5.91 Å². The number of carbonyl (C=O) groups excluding carboxylic acids is 1. The first-order valence-electron chi connectivity index (χ1n) is 7.63. The topological polar surface area (TPSA) is 38.8 Å².